The number of rotatable bonds is 5. The second-order valence-electron chi connectivity index (χ2n) is 8.15. The van der Waals surface area contributed by atoms with Gasteiger partial charge in [0.25, 0.3) is 0 Å². The number of piperidine rings is 1. The van der Waals surface area contributed by atoms with Gasteiger partial charge in [-0.25, -0.2) is 8.42 Å². The summed E-state index contributed by atoms with van der Waals surface area (Å²) in [5.74, 6) is -0.258. The Kier molecular flexibility index (Phi) is 6.26. The lowest BCUT2D eigenvalue weighted by molar-refractivity contribution is -0.126. The van der Waals surface area contributed by atoms with Crippen molar-refractivity contribution >= 4 is 26.7 Å². The highest BCUT2D eigenvalue weighted by molar-refractivity contribution is 7.89. The highest BCUT2D eigenvalue weighted by Crippen LogP contribution is 2.26. The molecule has 3 aromatic rings. The summed E-state index contributed by atoms with van der Waals surface area (Å²) in [7, 11) is -3.63. The summed E-state index contributed by atoms with van der Waals surface area (Å²) < 4.78 is 27.2. The fourth-order valence-corrected chi connectivity index (χ4v) is 5.57. The molecular formula is C25H25N3O3S. The zero-order chi connectivity index (χ0) is 22.7. The van der Waals surface area contributed by atoms with Crippen molar-refractivity contribution < 1.29 is 13.2 Å². The molecule has 0 aromatic heterocycles. The van der Waals surface area contributed by atoms with E-state index in [1.807, 2.05) is 31.2 Å². The van der Waals surface area contributed by atoms with Crippen LogP contribution in [0.4, 0.5) is 0 Å². The van der Waals surface area contributed by atoms with Crippen LogP contribution in [0.2, 0.25) is 0 Å². The van der Waals surface area contributed by atoms with E-state index in [2.05, 4.69) is 29.6 Å². The van der Waals surface area contributed by atoms with E-state index < -0.39 is 10.0 Å². The first-order valence-electron chi connectivity index (χ1n) is 10.7. The number of nitriles is 1. The third-order valence-corrected chi connectivity index (χ3v) is 7.99. The Labute approximate surface area is 188 Å². The van der Waals surface area contributed by atoms with Gasteiger partial charge in [0, 0.05) is 19.0 Å². The Morgan fingerprint density at radius 3 is 2.34 bits per heavy atom. The average Bonchev–Trinajstić information content (AvgIpc) is 2.83. The van der Waals surface area contributed by atoms with E-state index in [0.717, 1.165) is 16.3 Å². The third-order valence-electron chi connectivity index (χ3n) is 6.08. The molecule has 1 fully saturated rings. The first-order chi connectivity index (χ1) is 15.4. The molecule has 32 heavy (non-hydrogen) atoms. The number of benzene rings is 3. The van der Waals surface area contributed by atoms with E-state index in [0.29, 0.717) is 31.5 Å². The molecule has 6 nitrogen and oxygen atoms in total. The molecule has 0 aliphatic carbocycles. The van der Waals surface area contributed by atoms with Gasteiger partial charge in [-0.1, -0.05) is 36.4 Å². The lowest BCUT2D eigenvalue weighted by atomic mass is 9.96. The summed E-state index contributed by atoms with van der Waals surface area (Å²) in [6, 6.07) is 22.0. The molecule has 1 atom stereocenters. The maximum absolute atomic E-state index is 12.9. The molecule has 1 aliphatic rings. The van der Waals surface area contributed by atoms with Gasteiger partial charge >= 0.3 is 0 Å². The lowest BCUT2D eigenvalue weighted by Crippen LogP contribution is -2.43. The van der Waals surface area contributed by atoms with E-state index in [-0.39, 0.29) is 22.8 Å². The van der Waals surface area contributed by atoms with Gasteiger partial charge in [-0.15, -0.1) is 0 Å². The zero-order valence-corrected chi connectivity index (χ0v) is 18.7. The normalized spacial score (nSPS) is 16.4. The summed E-state index contributed by atoms with van der Waals surface area (Å²) in [4.78, 5) is 13.0. The second-order valence-corrected chi connectivity index (χ2v) is 10.1. The van der Waals surface area contributed by atoms with Crippen LogP contribution < -0.4 is 5.32 Å². The number of fused-ring (bicyclic) bond motifs is 1. The third kappa shape index (κ3) is 4.52. The fraction of sp³-hybridized carbons (Fsp3) is 0.280. The number of sulfonamides is 1. The Bertz CT molecular complexity index is 1270. The predicted octanol–water partition coefficient (Wildman–Crippen LogP) is 3.99. The van der Waals surface area contributed by atoms with Crippen LogP contribution in [0.3, 0.4) is 0 Å². The van der Waals surface area contributed by atoms with Crippen molar-refractivity contribution in [3.63, 3.8) is 0 Å². The van der Waals surface area contributed by atoms with E-state index in [1.165, 1.54) is 28.6 Å². The van der Waals surface area contributed by atoms with Crippen molar-refractivity contribution in [3.8, 4) is 6.07 Å². The van der Waals surface area contributed by atoms with Crippen molar-refractivity contribution in [1.82, 2.24) is 9.62 Å². The van der Waals surface area contributed by atoms with Crippen LogP contribution >= 0.6 is 0 Å². The van der Waals surface area contributed by atoms with E-state index in [9.17, 15) is 13.2 Å². The van der Waals surface area contributed by atoms with Gasteiger partial charge < -0.3 is 5.32 Å². The minimum atomic E-state index is -3.63. The Morgan fingerprint density at radius 2 is 1.69 bits per heavy atom. The Hall–Kier alpha value is -3.21. The highest BCUT2D eigenvalue weighted by Gasteiger charge is 2.32. The van der Waals surface area contributed by atoms with Crippen LogP contribution in [0.1, 0.15) is 36.9 Å². The van der Waals surface area contributed by atoms with Crippen LogP contribution in [-0.2, 0) is 14.8 Å². The maximum Gasteiger partial charge on any atom is 0.243 e. The summed E-state index contributed by atoms with van der Waals surface area (Å²) >= 11 is 0. The molecule has 0 unspecified atom stereocenters. The molecule has 1 amide bonds. The molecule has 0 spiro atoms. The summed E-state index contributed by atoms with van der Waals surface area (Å²) in [6.45, 7) is 2.56. The van der Waals surface area contributed by atoms with E-state index in [4.69, 9.17) is 5.26 Å². The molecule has 164 valence electrons. The van der Waals surface area contributed by atoms with Gasteiger partial charge in [0.1, 0.15) is 0 Å². The van der Waals surface area contributed by atoms with Gasteiger partial charge in [-0.3, -0.25) is 4.79 Å². The molecule has 1 N–H and O–H groups in total. The minimum Gasteiger partial charge on any atom is -0.349 e. The molecule has 0 bridgehead atoms. The molecule has 1 aliphatic heterocycles. The summed E-state index contributed by atoms with van der Waals surface area (Å²) in [6.07, 6.45) is 0.956. The van der Waals surface area contributed by atoms with Gasteiger partial charge in [-0.05, 0) is 66.4 Å². The Morgan fingerprint density at radius 1 is 1.03 bits per heavy atom. The number of amides is 1. The molecule has 1 saturated heterocycles. The number of hydrogen-bond donors (Lipinski definition) is 1. The topological polar surface area (TPSA) is 90.3 Å². The smallest absolute Gasteiger partial charge is 0.243 e. The van der Waals surface area contributed by atoms with Crippen molar-refractivity contribution in [1.29, 1.82) is 5.26 Å². The van der Waals surface area contributed by atoms with E-state index >= 15 is 0 Å². The first kappa shape index (κ1) is 22.0. The van der Waals surface area contributed by atoms with Crippen LogP contribution in [0.15, 0.2) is 71.6 Å². The van der Waals surface area contributed by atoms with Crippen molar-refractivity contribution in [3.05, 3.63) is 77.9 Å². The van der Waals surface area contributed by atoms with Crippen molar-refractivity contribution in [2.75, 3.05) is 13.1 Å². The van der Waals surface area contributed by atoms with Crippen molar-refractivity contribution in [2.45, 2.75) is 30.7 Å². The number of carbonyl (C=O) groups is 1. The van der Waals surface area contributed by atoms with E-state index in [1.54, 1.807) is 0 Å². The quantitative estimate of drug-likeness (QED) is 0.640. The number of nitrogens with zero attached hydrogens (tertiary/aromatic N) is 2. The number of carbonyl (C=O) groups excluding carboxylic acids is 1. The molecule has 3 aromatic carbocycles. The van der Waals surface area contributed by atoms with Gasteiger partial charge in [0.15, 0.2) is 0 Å². The average molecular weight is 448 g/mol. The predicted molar refractivity (Wildman–Crippen MR) is 123 cm³/mol. The highest BCUT2D eigenvalue weighted by atomic mass is 32.2. The minimum absolute atomic E-state index is 0.0407. The van der Waals surface area contributed by atoms with Crippen molar-refractivity contribution in [2.24, 2.45) is 5.92 Å². The summed E-state index contributed by atoms with van der Waals surface area (Å²) in [5.41, 5.74) is 1.46. The largest absolute Gasteiger partial charge is 0.349 e. The van der Waals surface area contributed by atoms with Crippen LogP contribution in [-0.4, -0.2) is 31.7 Å². The Balaban J connectivity index is 1.36. The van der Waals surface area contributed by atoms with Gasteiger partial charge in [-0.2, -0.15) is 9.57 Å². The molecule has 4 rings (SSSR count). The molecule has 1 heterocycles. The molecule has 0 radical (unpaired) electrons. The second kappa shape index (κ2) is 9.11. The standard InChI is InChI=1S/C25H25N3O3S/c1-18(22-9-8-20-4-2-3-5-23(20)16-22)27-25(29)21-12-14-28(15-13-21)32(30,31)24-10-6-19(17-26)7-11-24/h2-11,16,18,21H,12-15H2,1H3,(H,27,29)/t18-/m1/s1. The molecule has 7 heteroatoms. The van der Waals surface area contributed by atoms with Gasteiger partial charge in [0.2, 0.25) is 15.9 Å². The van der Waals surface area contributed by atoms with Crippen LogP contribution in [0, 0.1) is 17.2 Å². The number of hydrogen-bond acceptors (Lipinski definition) is 4. The monoisotopic (exact) mass is 447 g/mol. The maximum atomic E-state index is 12.9. The lowest BCUT2D eigenvalue weighted by Gasteiger charge is -2.31. The van der Waals surface area contributed by atoms with Crippen LogP contribution in [0.5, 0.6) is 0 Å². The van der Waals surface area contributed by atoms with Crippen LogP contribution in [0.25, 0.3) is 10.8 Å². The first-order valence-corrected chi connectivity index (χ1v) is 12.1. The zero-order valence-electron chi connectivity index (χ0n) is 17.9. The van der Waals surface area contributed by atoms with Gasteiger partial charge in [0.05, 0.1) is 22.6 Å². The fourth-order valence-electron chi connectivity index (χ4n) is 4.10. The SMILES string of the molecule is C[C@@H](NC(=O)C1CCN(S(=O)(=O)c2ccc(C#N)cc2)CC1)c1ccc2ccccc2c1. The number of nitrogens with one attached hydrogen (secondary N) is 1. The molecular weight excluding hydrogens is 422 g/mol. The molecule has 0 saturated carbocycles. The summed E-state index contributed by atoms with van der Waals surface area (Å²) in [5, 5.41) is 14.3.